The molecule has 21 heavy (non-hydrogen) atoms. The number of nitrogens with zero attached hydrogens (tertiary/aromatic N) is 2. The Morgan fingerprint density at radius 1 is 1.38 bits per heavy atom. The third-order valence-corrected chi connectivity index (χ3v) is 4.12. The maximum absolute atomic E-state index is 11.2. The normalized spacial score (nSPS) is 15.6. The minimum Gasteiger partial charge on any atom is -0.478 e. The number of carbonyl (C=O) groups is 1. The van der Waals surface area contributed by atoms with E-state index in [0.29, 0.717) is 5.56 Å². The van der Waals surface area contributed by atoms with Crippen molar-refractivity contribution in [2.75, 3.05) is 0 Å². The lowest BCUT2D eigenvalue weighted by atomic mass is 9.95. The van der Waals surface area contributed by atoms with Gasteiger partial charge in [-0.1, -0.05) is 33.6 Å². The Bertz CT molecular complexity index is 691. The molecule has 1 fully saturated rings. The number of aromatic carboxylic acids is 1. The molecule has 1 aromatic carbocycles. The molecule has 0 bridgehead atoms. The second-order valence-electron chi connectivity index (χ2n) is 7.08. The summed E-state index contributed by atoms with van der Waals surface area (Å²) in [6.07, 6.45) is 3.82. The van der Waals surface area contributed by atoms with E-state index in [1.807, 2.05) is 6.07 Å². The lowest BCUT2D eigenvalue weighted by molar-refractivity contribution is 0.0697. The van der Waals surface area contributed by atoms with Crippen LogP contribution in [0.5, 0.6) is 0 Å². The first-order chi connectivity index (χ1) is 9.86. The molecule has 3 rings (SSSR count). The fraction of sp³-hybridized carbons (Fsp3) is 0.529. The van der Waals surface area contributed by atoms with Gasteiger partial charge in [-0.15, -0.1) is 0 Å². The first-order valence-electron chi connectivity index (χ1n) is 7.60. The largest absolute Gasteiger partial charge is 0.478 e. The summed E-state index contributed by atoms with van der Waals surface area (Å²) in [6.45, 7) is 7.39. The Kier molecular flexibility index (Phi) is 3.27. The highest BCUT2D eigenvalue weighted by molar-refractivity contribution is 5.92. The molecule has 2 aromatic rings. The highest BCUT2D eigenvalue weighted by Crippen LogP contribution is 2.34. The second kappa shape index (κ2) is 4.86. The van der Waals surface area contributed by atoms with E-state index in [-0.39, 0.29) is 5.41 Å². The number of benzene rings is 1. The Hall–Kier alpha value is -1.84. The molecular formula is C17H22N2O2. The molecule has 1 aromatic heterocycles. The fourth-order valence-corrected chi connectivity index (χ4v) is 2.77. The quantitative estimate of drug-likeness (QED) is 0.929. The van der Waals surface area contributed by atoms with Crippen LogP contribution in [0.4, 0.5) is 0 Å². The number of aromatic nitrogens is 2. The van der Waals surface area contributed by atoms with Crippen LogP contribution in [0.3, 0.4) is 0 Å². The van der Waals surface area contributed by atoms with E-state index >= 15 is 0 Å². The summed E-state index contributed by atoms with van der Waals surface area (Å²) in [4.78, 5) is 16.0. The minimum absolute atomic E-state index is 0.0496. The van der Waals surface area contributed by atoms with Crippen LogP contribution in [0.2, 0.25) is 0 Å². The van der Waals surface area contributed by atoms with Crippen molar-refractivity contribution >= 4 is 17.0 Å². The number of rotatable bonds is 4. The maximum atomic E-state index is 11.2. The third-order valence-electron chi connectivity index (χ3n) is 4.12. The molecule has 0 radical (unpaired) electrons. The van der Waals surface area contributed by atoms with Crippen LogP contribution in [-0.2, 0) is 12.0 Å². The maximum Gasteiger partial charge on any atom is 0.335 e. The molecule has 0 atom stereocenters. The average molecular weight is 286 g/mol. The first kappa shape index (κ1) is 14.1. The van der Waals surface area contributed by atoms with E-state index in [2.05, 4.69) is 25.3 Å². The summed E-state index contributed by atoms with van der Waals surface area (Å²) < 4.78 is 2.22. The lowest BCUT2D eigenvalue weighted by Crippen LogP contribution is -2.19. The topological polar surface area (TPSA) is 55.1 Å². The van der Waals surface area contributed by atoms with Crippen LogP contribution in [-0.4, -0.2) is 20.6 Å². The van der Waals surface area contributed by atoms with E-state index in [4.69, 9.17) is 4.98 Å². The number of hydrogen-bond acceptors (Lipinski definition) is 2. The van der Waals surface area contributed by atoms with E-state index < -0.39 is 5.97 Å². The molecule has 1 saturated carbocycles. The van der Waals surface area contributed by atoms with Crippen molar-refractivity contribution in [2.24, 2.45) is 5.92 Å². The number of carboxylic acid groups (broad SMARTS) is 1. The third kappa shape index (κ3) is 2.80. The molecule has 1 aliphatic rings. The lowest BCUT2D eigenvalue weighted by Gasteiger charge is -2.20. The molecule has 1 N–H and O–H groups in total. The summed E-state index contributed by atoms with van der Waals surface area (Å²) in [5.74, 6) is 1.00. The minimum atomic E-state index is -0.885. The van der Waals surface area contributed by atoms with Gasteiger partial charge in [0.15, 0.2) is 0 Å². The van der Waals surface area contributed by atoms with Gasteiger partial charge in [0, 0.05) is 12.0 Å². The van der Waals surface area contributed by atoms with Gasteiger partial charge in [-0.25, -0.2) is 9.78 Å². The first-order valence-corrected chi connectivity index (χ1v) is 7.60. The molecule has 4 nitrogen and oxygen atoms in total. The molecular weight excluding hydrogens is 264 g/mol. The van der Waals surface area contributed by atoms with Crippen molar-refractivity contribution in [3.63, 3.8) is 0 Å². The van der Waals surface area contributed by atoms with Crippen LogP contribution in [0, 0.1) is 5.92 Å². The highest BCUT2D eigenvalue weighted by Gasteiger charge is 2.26. The van der Waals surface area contributed by atoms with Crippen molar-refractivity contribution in [1.29, 1.82) is 0 Å². The van der Waals surface area contributed by atoms with Crippen molar-refractivity contribution < 1.29 is 9.90 Å². The highest BCUT2D eigenvalue weighted by atomic mass is 16.4. The van der Waals surface area contributed by atoms with Gasteiger partial charge in [0.2, 0.25) is 0 Å². The number of carboxylic acids is 1. The Labute approximate surface area is 124 Å². The van der Waals surface area contributed by atoms with Gasteiger partial charge in [0.05, 0.1) is 16.6 Å². The monoisotopic (exact) mass is 286 g/mol. The van der Waals surface area contributed by atoms with Gasteiger partial charge in [-0.05, 0) is 30.5 Å². The molecule has 0 amide bonds. The molecule has 4 heteroatoms. The van der Waals surface area contributed by atoms with E-state index in [9.17, 15) is 9.90 Å². The molecule has 112 valence electrons. The molecule has 0 spiro atoms. The van der Waals surface area contributed by atoms with Gasteiger partial charge in [0.1, 0.15) is 5.82 Å². The molecule has 1 aliphatic carbocycles. The Balaban J connectivity index is 2.10. The smallest absolute Gasteiger partial charge is 0.335 e. The second-order valence-corrected chi connectivity index (χ2v) is 7.08. The summed E-state index contributed by atoms with van der Waals surface area (Å²) >= 11 is 0. The van der Waals surface area contributed by atoms with Gasteiger partial charge < -0.3 is 9.67 Å². The van der Waals surface area contributed by atoms with E-state index in [1.165, 1.54) is 12.8 Å². The van der Waals surface area contributed by atoms with Crippen molar-refractivity contribution in [1.82, 2.24) is 9.55 Å². The summed E-state index contributed by atoms with van der Waals surface area (Å²) in [5.41, 5.74) is 2.11. The van der Waals surface area contributed by atoms with Crippen LogP contribution in [0.1, 0.15) is 56.2 Å². The van der Waals surface area contributed by atoms with Gasteiger partial charge in [0.25, 0.3) is 0 Å². The van der Waals surface area contributed by atoms with Crippen molar-refractivity contribution in [3.8, 4) is 0 Å². The number of aryl methyl sites for hydroxylation is 1. The van der Waals surface area contributed by atoms with E-state index in [0.717, 1.165) is 35.7 Å². The number of fused-ring (bicyclic) bond motifs is 1. The zero-order chi connectivity index (χ0) is 15.2. The average Bonchev–Trinajstić information content (AvgIpc) is 3.14. The van der Waals surface area contributed by atoms with E-state index in [1.54, 1.807) is 12.1 Å². The molecule has 0 saturated heterocycles. The summed E-state index contributed by atoms with van der Waals surface area (Å²) in [5, 5.41) is 9.20. The predicted octanol–water partition coefficient (Wildman–Crippen LogP) is 3.83. The van der Waals surface area contributed by atoms with Crippen LogP contribution >= 0.6 is 0 Å². The molecule has 0 aliphatic heterocycles. The predicted molar refractivity (Wildman–Crippen MR) is 82.7 cm³/mol. The molecule has 1 heterocycles. The van der Waals surface area contributed by atoms with Gasteiger partial charge >= 0.3 is 5.97 Å². The summed E-state index contributed by atoms with van der Waals surface area (Å²) in [7, 11) is 0. The fourth-order valence-electron chi connectivity index (χ4n) is 2.77. The Morgan fingerprint density at radius 3 is 2.67 bits per heavy atom. The molecule has 0 unspecified atom stereocenters. The SMILES string of the molecule is CC(C)(C)c1nc2ccc(C(=O)O)cc2n1CCC1CC1. The summed E-state index contributed by atoms with van der Waals surface area (Å²) in [6, 6.07) is 5.21. The van der Waals surface area contributed by atoms with Crippen molar-refractivity contribution in [2.45, 2.75) is 52.0 Å². The zero-order valence-electron chi connectivity index (χ0n) is 12.9. The Morgan fingerprint density at radius 2 is 2.10 bits per heavy atom. The number of imidazole rings is 1. The van der Waals surface area contributed by atoms with Crippen LogP contribution in [0.15, 0.2) is 18.2 Å². The van der Waals surface area contributed by atoms with Crippen molar-refractivity contribution in [3.05, 3.63) is 29.6 Å². The number of hydrogen-bond donors (Lipinski definition) is 1. The zero-order valence-corrected chi connectivity index (χ0v) is 12.9. The standard InChI is InChI=1S/C17H22N2O2/c1-17(2,3)16-18-13-7-6-12(15(20)21)10-14(13)19(16)9-8-11-4-5-11/h6-7,10-11H,4-5,8-9H2,1-3H3,(H,20,21). The van der Waals surface area contributed by atoms with Crippen LogP contribution < -0.4 is 0 Å². The van der Waals surface area contributed by atoms with Crippen LogP contribution in [0.25, 0.3) is 11.0 Å². The van der Waals surface area contributed by atoms with Gasteiger partial charge in [-0.3, -0.25) is 0 Å². The van der Waals surface area contributed by atoms with Gasteiger partial charge in [-0.2, -0.15) is 0 Å².